The summed E-state index contributed by atoms with van der Waals surface area (Å²) in [5, 5.41) is 0.888. The molecule has 0 fully saturated rings. The van der Waals surface area contributed by atoms with Crippen molar-refractivity contribution in [2.45, 2.75) is 11.4 Å². The quantitative estimate of drug-likeness (QED) is 0.513. The second-order valence-corrected chi connectivity index (χ2v) is 4.15. The third-order valence-electron chi connectivity index (χ3n) is 1.60. The SMILES string of the molecule is [SiH3]CC(Cl)c1ccccc1Cl. The Kier molecular flexibility index (Phi) is 3.43. The molecular weight excluding hydrogens is 195 g/mol. The zero-order valence-electron chi connectivity index (χ0n) is 6.35. The molecule has 0 aliphatic carbocycles. The molecule has 1 unspecified atom stereocenters. The van der Waals surface area contributed by atoms with Crippen molar-refractivity contribution in [1.29, 1.82) is 0 Å². The molecule has 0 amide bonds. The van der Waals surface area contributed by atoms with Crippen molar-refractivity contribution in [1.82, 2.24) is 0 Å². The van der Waals surface area contributed by atoms with Crippen molar-refractivity contribution < 1.29 is 0 Å². The van der Waals surface area contributed by atoms with Crippen LogP contribution in [0.25, 0.3) is 0 Å². The van der Waals surface area contributed by atoms with Gasteiger partial charge < -0.3 is 0 Å². The van der Waals surface area contributed by atoms with Crippen LogP contribution in [0.3, 0.4) is 0 Å². The van der Waals surface area contributed by atoms with Crippen LogP contribution >= 0.6 is 23.2 Å². The number of alkyl halides is 1. The molecule has 0 spiro atoms. The monoisotopic (exact) mass is 204 g/mol. The molecule has 0 radical (unpaired) electrons. The van der Waals surface area contributed by atoms with Gasteiger partial charge in [0.05, 0.1) is 5.38 Å². The molecular formula is C8H10Cl2Si. The van der Waals surface area contributed by atoms with Crippen LogP contribution < -0.4 is 0 Å². The van der Waals surface area contributed by atoms with Gasteiger partial charge in [0.25, 0.3) is 0 Å². The number of halogens is 2. The lowest BCUT2D eigenvalue weighted by Crippen LogP contribution is -1.89. The molecule has 0 heterocycles. The Morgan fingerprint density at radius 3 is 2.55 bits per heavy atom. The third-order valence-corrected chi connectivity index (χ3v) is 3.82. The maximum Gasteiger partial charge on any atom is 0.0568 e. The second kappa shape index (κ2) is 4.15. The van der Waals surface area contributed by atoms with E-state index in [2.05, 4.69) is 0 Å². The summed E-state index contributed by atoms with van der Waals surface area (Å²) >= 11 is 12.0. The highest BCUT2D eigenvalue weighted by molar-refractivity contribution is 6.33. The van der Waals surface area contributed by atoms with E-state index in [-0.39, 0.29) is 5.38 Å². The first kappa shape index (κ1) is 9.11. The Labute approximate surface area is 79.9 Å². The van der Waals surface area contributed by atoms with Crippen LogP contribution in [0.1, 0.15) is 10.9 Å². The number of hydrogen-bond acceptors (Lipinski definition) is 0. The Morgan fingerprint density at radius 1 is 1.36 bits per heavy atom. The van der Waals surface area contributed by atoms with Gasteiger partial charge in [-0.25, -0.2) is 0 Å². The average Bonchev–Trinajstić information content (AvgIpc) is 2.04. The highest BCUT2D eigenvalue weighted by atomic mass is 35.5. The minimum absolute atomic E-state index is 0.107. The molecule has 1 atom stereocenters. The zero-order valence-corrected chi connectivity index (χ0v) is 9.86. The van der Waals surface area contributed by atoms with E-state index in [0.29, 0.717) is 0 Å². The molecule has 0 aliphatic rings. The van der Waals surface area contributed by atoms with E-state index < -0.39 is 0 Å². The Hall–Kier alpha value is 0.0169. The van der Waals surface area contributed by atoms with Crippen LogP contribution in [0.2, 0.25) is 11.1 Å². The van der Waals surface area contributed by atoms with Gasteiger partial charge in [-0.2, -0.15) is 0 Å². The lowest BCUT2D eigenvalue weighted by Gasteiger charge is -2.07. The molecule has 0 bridgehead atoms. The van der Waals surface area contributed by atoms with E-state index in [1.165, 1.54) is 0 Å². The van der Waals surface area contributed by atoms with Crippen LogP contribution in [0.15, 0.2) is 24.3 Å². The minimum Gasteiger partial charge on any atom is -0.118 e. The average molecular weight is 205 g/mol. The summed E-state index contributed by atoms with van der Waals surface area (Å²) in [4.78, 5) is 0. The van der Waals surface area contributed by atoms with Crippen molar-refractivity contribution in [3.05, 3.63) is 34.9 Å². The highest BCUT2D eigenvalue weighted by Crippen LogP contribution is 2.29. The largest absolute Gasteiger partial charge is 0.118 e. The summed E-state index contributed by atoms with van der Waals surface area (Å²) in [6, 6.07) is 8.79. The Morgan fingerprint density at radius 2 is 2.00 bits per heavy atom. The zero-order chi connectivity index (χ0) is 8.27. The van der Waals surface area contributed by atoms with Gasteiger partial charge >= 0.3 is 0 Å². The fourth-order valence-electron chi connectivity index (χ4n) is 0.949. The summed E-state index contributed by atoms with van der Waals surface area (Å²) in [7, 11) is 1.11. The van der Waals surface area contributed by atoms with Crippen molar-refractivity contribution >= 4 is 33.4 Å². The standard InChI is InChI=1S/C8H10Cl2Si/c9-7-4-2-1-3-6(7)8(10)5-11/h1-4,8H,5H2,11H3. The second-order valence-electron chi connectivity index (χ2n) is 2.40. The smallest absolute Gasteiger partial charge is 0.0568 e. The van der Waals surface area contributed by atoms with Crippen molar-refractivity contribution in [3.8, 4) is 0 Å². The maximum absolute atomic E-state index is 6.05. The predicted molar refractivity (Wildman–Crippen MR) is 54.8 cm³/mol. The molecule has 1 aromatic rings. The van der Waals surface area contributed by atoms with Crippen LogP contribution in [-0.2, 0) is 0 Å². The fourth-order valence-corrected chi connectivity index (χ4v) is 1.90. The predicted octanol–water partition coefficient (Wildman–Crippen LogP) is 2.40. The van der Waals surface area contributed by atoms with Gasteiger partial charge in [0.1, 0.15) is 0 Å². The van der Waals surface area contributed by atoms with Gasteiger partial charge in [0.15, 0.2) is 0 Å². The molecule has 0 saturated carbocycles. The number of rotatable bonds is 2. The summed E-state index contributed by atoms with van der Waals surface area (Å²) < 4.78 is 0. The van der Waals surface area contributed by atoms with Gasteiger partial charge in [-0.3, -0.25) is 0 Å². The molecule has 0 saturated heterocycles. The van der Waals surface area contributed by atoms with Gasteiger partial charge in [0, 0.05) is 15.3 Å². The lowest BCUT2D eigenvalue weighted by molar-refractivity contribution is 1.08. The van der Waals surface area contributed by atoms with Crippen LogP contribution in [-0.4, -0.2) is 10.2 Å². The van der Waals surface area contributed by atoms with Crippen LogP contribution in [0, 0.1) is 0 Å². The van der Waals surface area contributed by atoms with Crippen molar-refractivity contribution in [3.63, 3.8) is 0 Å². The fraction of sp³-hybridized carbons (Fsp3) is 0.250. The Bertz CT molecular complexity index is 237. The normalized spacial score (nSPS) is 13.3. The van der Waals surface area contributed by atoms with Crippen LogP contribution in [0.5, 0.6) is 0 Å². The molecule has 0 aromatic heterocycles. The van der Waals surface area contributed by atoms with Crippen molar-refractivity contribution in [2.24, 2.45) is 0 Å². The Balaban J connectivity index is 2.93. The number of benzene rings is 1. The van der Waals surface area contributed by atoms with E-state index >= 15 is 0 Å². The van der Waals surface area contributed by atoms with Gasteiger partial charge in [-0.05, 0) is 17.7 Å². The minimum atomic E-state index is 0.107. The first-order valence-corrected chi connectivity index (χ1v) is 5.87. The maximum atomic E-state index is 6.05. The summed E-state index contributed by atoms with van der Waals surface area (Å²) in [5.41, 5.74) is 1.06. The van der Waals surface area contributed by atoms with Gasteiger partial charge in [0.2, 0.25) is 0 Å². The summed E-state index contributed by atoms with van der Waals surface area (Å²) in [6.07, 6.45) is 0. The third kappa shape index (κ3) is 2.22. The van der Waals surface area contributed by atoms with E-state index in [0.717, 1.165) is 26.9 Å². The van der Waals surface area contributed by atoms with Gasteiger partial charge in [-0.1, -0.05) is 29.8 Å². The molecule has 0 N–H and O–H groups in total. The topological polar surface area (TPSA) is 0 Å². The summed E-state index contributed by atoms with van der Waals surface area (Å²) in [6.45, 7) is 0. The van der Waals surface area contributed by atoms with Crippen LogP contribution in [0.4, 0.5) is 0 Å². The van der Waals surface area contributed by atoms with E-state index in [1.807, 2.05) is 24.3 Å². The summed E-state index contributed by atoms with van der Waals surface area (Å²) in [5.74, 6) is 0. The van der Waals surface area contributed by atoms with Gasteiger partial charge in [-0.15, -0.1) is 11.6 Å². The van der Waals surface area contributed by atoms with E-state index in [1.54, 1.807) is 0 Å². The molecule has 3 heteroatoms. The van der Waals surface area contributed by atoms with E-state index in [9.17, 15) is 0 Å². The molecule has 0 nitrogen and oxygen atoms in total. The molecule has 1 aromatic carbocycles. The first-order valence-electron chi connectivity index (χ1n) is 3.64. The lowest BCUT2D eigenvalue weighted by atomic mass is 10.2. The molecule has 1 rings (SSSR count). The van der Waals surface area contributed by atoms with E-state index in [4.69, 9.17) is 23.2 Å². The molecule has 60 valence electrons. The number of hydrogen-bond donors (Lipinski definition) is 0. The molecule has 11 heavy (non-hydrogen) atoms. The molecule has 0 aliphatic heterocycles. The highest BCUT2D eigenvalue weighted by Gasteiger charge is 2.07. The van der Waals surface area contributed by atoms with Crippen molar-refractivity contribution in [2.75, 3.05) is 0 Å². The first-order chi connectivity index (χ1) is 5.25.